The molecule has 25 heavy (non-hydrogen) atoms. The molecule has 0 N–H and O–H groups in total. The lowest BCUT2D eigenvalue weighted by molar-refractivity contribution is -0.0351. The number of nitrogens with zero attached hydrogens (tertiary/aromatic N) is 2. The Kier molecular flexibility index (Phi) is 4.59. The summed E-state index contributed by atoms with van der Waals surface area (Å²) in [5.74, 6) is 0.602. The van der Waals surface area contributed by atoms with Crippen LogP contribution in [-0.2, 0) is 11.3 Å². The summed E-state index contributed by atoms with van der Waals surface area (Å²) in [6, 6.07) is 18.5. The van der Waals surface area contributed by atoms with E-state index in [-0.39, 0.29) is 11.9 Å². The molecule has 1 aromatic heterocycles. The molecule has 2 heterocycles. The van der Waals surface area contributed by atoms with E-state index in [1.54, 1.807) is 12.1 Å². The van der Waals surface area contributed by atoms with Crippen molar-refractivity contribution in [3.8, 4) is 11.3 Å². The maximum Gasteiger partial charge on any atom is 0.151 e. The fourth-order valence-corrected chi connectivity index (χ4v) is 3.08. The van der Waals surface area contributed by atoms with E-state index in [2.05, 4.69) is 10.1 Å². The second-order valence-electron chi connectivity index (χ2n) is 6.19. The molecular formula is C20H19FN2O2. The monoisotopic (exact) mass is 338 g/mol. The summed E-state index contributed by atoms with van der Waals surface area (Å²) in [6.45, 7) is 2.90. The molecule has 5 heteroatoms. The fourth-order valence-electron chi connectivity index (χ4n) is 3.08. The van der Waals surface area contributed by atoms with E-state index in [0.717, 1.165) is 35.7 Å². The van der Waals surface area contributed by atoms with Gasteiger partial charge in [0.15, 0.2) is 5.76 Å². The Morgan fingerprint density at radius 3 is 2.68 bits per heavy atom. The molecule has 1 aliphatic heterocycles. The first-order chi connectivity index (χ1) is 12.3. The minimum absolute atomic E-state index is 0.0501. The molecule has 3 aromatic rings. The zero-order valence-electron chi connectivity index (χ0n) is 13.8. The largest absolute Gasteiger partial charge is 0.371 e. The second kappa shape index (κ2) is 7.17. The summed E-state index contributed by atoms with van der Waals surface area (Å²) in [4.78, 5) is 2.27. The molecule has 0 saturated carbocycles. The Labute approximate surface area is 145 Å². The molecule has 128 valence electrons. The van der Waals surface area contributed by atoms with Gasteiger partial charge in [0.05, 0.1) is 19.3 Å². The summed E-state index contributed by atoms with van der Waals surface area (Å²) in [7, 11) is 0. The lowest BCUT2D eigenvalue weighted by Gasteiger charge is -2.32. The standard InChI is InChI=1S/C20H19FN2O2/c21-17-8-6-16(7-9-17)20-14-23(10-11-24-20)13-18-12-19(22-25-18)15-4-2-1-3-5-15/h1-9,12,20H,10-11,13-14H2. The molecule has 1 aliphatic rings. The van der Waals surface area contributed by atoms with Crippen molar-refractivity contribution < 1.29 is 13.7 Å². The summed E-state index contributed by atoms with van der Waals surface area (Å²) >= 11 is 0. The van der Waals surface area contributed by atoms with Crippen LogP contribution in [0.3, 0.4) is 0 Å². The average Bonchev–Trinajstić information content (AvgIpc) is 3.12. The van der Waals surface area contributed by atoms with Gasteiger partial charge in [-0.3, -0.25) is 4.90 Å². The van der Waals surface area contributed by atoms with Crippen molar-refractivity contribution in [3.63, 3.8) is 0 Å². The molecule has 1 saturated heterocycles. The SMILES string of the molecule is Fc1ccc(C2CN(Cc3cc(-c4ccccc4)no3)CCO2)cc1. The fraction of sp³-hybridized carbons (Fsp3) is 0.250. The highest BCUT2D eigenvalue weighted by molar-refractivity contribution is 5.58. The topological polar surface area (TPSA) is 38.5 Å². The highest BCUT2D eigenvalue weighted by Crippen LogP contribution is 2.25. The molecule has 2 aromatic carbocycles. The summed E-state index contributed by atoms with van der Waals surface area (Å²) in [5, 5.41) is 4.16. The summed E-state index contributed by atoms with van der Waals surface area (Å²) in [5.41, 5.74) is 2.89. The Morgan fingerprint density at radius 1 is 1.08 bits per heavy atom. The van der Waals surface area contributed by atoms with E-state index >= 15 is 0 Å². The van der Waals surface area contributed by atoms with Gasteiger partial charge in [-0.2, -0.15) is 0 Å². The third kappa shape index (κ3) is 3.78. The van der Waals surface area contributed by atoms with Crippen LogP contribution in [0.4, 0.5) is 4.39 Å². The second-order valence-corrected chi connectivity index (χ2v) is 6.19. The predicted molar refractivity (Wildman–Crippen MR) is 92.3 cm³/mol. The molecule has 4 nitrogen and oxygen atoms in total. The van der Waals surface area contributed by atoms with E-state index in [9.17, 15) is 4.39 Å². The number of ether oxygens (including phenoxy) is 1. The first-order valence-electron chi connectivity index (χ1n) is 8.38. The van der Waals surface area contributed by atoms with Gasteiger partial charge in [0.2, 0.25) is 0 Å². The number of hydrogen-bond donors (Lipinski definition) is 0. The van der Waals surface area contributed by atoms with E-state index in [0.29, 0.717) is 13.2 Å². The van der Waals surface area contributed by atoms with Crippen LogP contribution in [0.15, 0.2) is 65.2 Å². The number of aromatic nitrogens is 1. The van der Waals surface area contributed by atoms with Gasteiger partial charge in [-0.05, 0) is 17.7 Å². The van der Waals surface area contributed by atoms with Crippen molar-refractivity contribution in [1.82, 2.24) is 10.1 Å². The van der Waals surface area contributed by atoms with Gasteiger partial charge in [-0.1, -0.05) is 47.6 Å². The minimum atomic E-state index is -0.230. The number of benzene rings is 2. The Bertz CT molecular complexity index is 817. The maximum atomic E-state index is 13.1. The van der Waals surface area contributed by atoms with Gasteiger partial charge in [-0.15, -0.1) is 0 Å². The van der Waals surface area contributed by atoms with E-state index < -0.39 is 0 Å². The number of morpholine rings is 1. The van der Waals surface area contributed by atoms with Crippen molar-refractivity contribution in [2.45, 2.75) is 12.6 Å². The highest BCUT2D eigenvalue weighted by Gasteiger charge is 2.23. The first kappa shape index (κ1) is 16.0. The van der Waals surface area contributed by atoms with Gasteiger partial charge >= 0.3 is 0 Å². The van der Waals surface area contributed by atoms with E-state index in [1.165, 1.54) is 12.1 Å². The number of hydrogen-bond acceptors (Lipinski definition) is 4. The van der Waals surface area contributed by atoms with Crippen LogP contribution in [0.2, 0.25) is 0 Å². The van der Waals surface area contributed by atoms with Crippen molar-refractivity contribution in [2.75, 3.05) is 19.7 Å². The van der Waals surface area contributed by atoms with Crippen LogP contribution in [0.25, 0.3) is 11.3 Å². The normalized spacial score (nSPS) is 18.4. The van der Waals surface area contributed by atoms with Crippen molar-refractivity contribution in [2.24, 2.45) is 0 Å². The number of halogens is 1. The molecule has 0 bridgehead atoms. The van der Waals surface area contributed by atoms with Crippen LogP contribution in [0.5, 0.6) is 0 Å². The van der Waals surface area contributed by atoms with Crippen LogP contribution < -0.4 is 0 Å². The first-order valence-corrected chi connectivity index (χ1v) is 8.38. The van der Waals surface area contributed by atoms with E-state index in [1.807, 2.05) is 36.4 Å². The molecule has 0 radical (unpaired) electrons. The van der Waals surface area contributed by atoms with Gasteiger partial charge in [0.25, 0.3) is 0 Å². The van der Waals surface area contributed by atoms with Crippen LogP contribution in [-0.4, -0.2) is 29.8 Å². The molecule has 4 rings (SSSR count). The molecule has 1 unspecified atom stereocenters. The lowest BCUT2D eigenvalue weighted by atomic mass is 10.1. The van der Waals surface area contributed by atoms with Crippen molar-refractivity contribution in [3.05, 3.63) is 77.8 Å². The average molecular weight is 338 g/mol. The van der Waals surface area contributed by atoms with Gasteiger partial charge in [0.1, 0.15) is 11.5 Å². The predicted octanol–water partition coefficient (Wildman–Crippen LogP) is 4.05. The van der Waals surface area contributed by atoms with E-state index in [4.69, 9.17) is 9.26 Å². The molecule has 0 spiro atoms. The molecule has 0 amide bonds. The number of rotatable bonds is 4. The summed E-state index contributed by atoms with van der Waals surface area (Å²) in [6.07, 6.45) is -0.0501. The van der Waals surface area contributed by atoms with Crippen molar-refractivity contribution >= 4 is 0 Å². The molecular weight excluding hydrogens is 319 g/mol. The Balaban J connectivity index is 1.42. The zero-order chi connectivity index (χ0) is 17.1. The maximum absolute atomic E-state index is 13.1. The molecule has 1 atom stereocenters. The van der Waals surface area contributed by atoms with Gasteiger partial charge in [0, 0.05) is 24.7 Å². The smallest absolute Gasteiger partial charge is 0.151 e. The van der Waals surface area contributed by atoms with Crippen LogP contribution >= 0.6 is 0 Å². The molecule has 1 fully saturated rings. The van der Waals surface area contributed by atoms with Crippen LogP contribution in [0.1, 0.15) is 17.4 Å². The molecule has 0 aliphatic carbocycles. The third-order valence-electron chi connectivity index (χ3n) is 4.40. The van der Waals surface area contributed by atoms with Gasteiger partial charge < -0.3 is 9.26 Å². The Hall–Kier alpha value is -2.50. The van der Waals surface area contributed by atoms with Crippen molar-refractivity contribution in [1.29, 1.82) is 0 Å². The summed E-state index contributed by atoms with van der Waals surface area (Å²) < 4.78 is 24.4. The third-order valence-corrected chi connectivity index (χ3v) is 4.40. The lowest BCUT2D eigenvalue weighted by Crippen LogP contribution is -2.37. The Morgan fingerprint density at radius 2 is 1.88 bits per heavy atom. The van der Waals surface area contributed by atoms with Gasteiger partial charge in [-0.25, -0.2) is 4.39 Å². The quantitative estimate of drug-likeness (QED) is 0.719. The van der Waals surface area contributed by atoms with Crippen LogP contribution in [0, 0.1) is 5.82 Å². The minimum Gasteiger partial charge on any atom is -0.371 e. The zero-order valence-corrected chi connectivity index (χ0v) is 13.8. The highest BCUT2D eigenvalue weighted by atomic mass is 19.1.